The van der Waals surface area contributed by atoms with E-state index in [0.717, 1.165) is 26.1 Å². The van der Waals surface area contributed by atoms with Gasteiger partial charge in [-0.15, -0.1) is 0 Å². The molecule has 0 unspecified atom stereocenters. The fourth-order valence-electron chi connectivity index (χ4n) is 1.14. The Morgan fingerprint density at radius 3 is 1.61 bits per heavy atom. The van der Waals surface area contributed by atoms with Gasteiger partial charge in [-0.2, -0.15) is 0 Å². The minimum atomic E-state index is 0.388. The molecule has 0 heterocycles. The van der Waals surface area contributed by atoms with E-state index >= 15 is 0 Å². The number of rotatable bonds is 14. The van der Waals surface area contributed by atoms with Crippen LogP contribution in [-0.2, 0) is 18.9 Å². The van der Waals surface area contributed by atoms with Crippen molar-refractivity contribution in [2.45, 2.75) is 23.5 Å². The summed E-state index contributed by atoms with van der Waals surface area (Å²) in [6.07, 6.45) is 2.11. The Kier molecular flexibility index (Phi) is 16.6. The molecule has 0 spiro atoms. The SMILES string of the molecule is CCOCCOCCOCCOCCCC(Br)Br. The molecule has 110 valence electrons. The van der Waals surface area contributed by atoms with E-state index < -0.39 is 0 Å². The van der Waals surface area contributed by atoms with Gasteiger partial charge in [-0.05, 0) is 19.8 Å². The summed E-state index contributed by atoms with van der Waals surface area (Å²) in [7, 11) is 0. The second-order valence-corrected chi connectivity index (χ2v) is 7.01. The zero-order valence-corrected chi connectivity index (χ0v) is 14.2. The summed E-state index contributed by atoms with van der Waals surface area (Å²) in [6.45, 7) is 7.27. The smallest absolute Gasteiger partial charge is 0.0701 e. The Labute approximate surface area is 127 Å². The van der Waals surface area contributed by atoms with E-state index in [1.165, 1.54) is 0 Å². The summed E-state index contributed by atoms with van der Waals surface area (Å²) < 4.78 is 21.6. The van der Waals surface area contributed by atoms with Gasteiger partial charge in [0.1, 0.15) is 0 Å². The maximum absolute atomic E-state index is 5.42. The highest BCUT2D eigenvalue weighted by molar-refractivity contribution is 9.24. The maximum Gasteiger partial charge on any atom is 0.0701 e. The lowest BCUT2D eigenvalue weighted by atomic mass is 10.4. The highest BCUT2D eigenvalue weighted by Crippen LogP contribution is 2.14. The van der Waals surface area contributed by atoms with Gasteiger partial charge in [0.15, 0.2) is 0 Å². The summed E-state index contributed by atoms with van der Waals surface area (Å²) in [5, 5.41) is 0. The number of halogens is 2. The molecule has 0 atom stereocenters. The predicted octanol–water partition coefficient (Wildman–Crippen LogP) is 2.97. The molecule has 0 bridgehead atoms. The van der Waals surface area contributed by atoms with Gasteiger partial charge in [0, 0.05) is 13.2 Å². The van der Waals surface area contributed by atoms with Crippen molar-refractivity contribution >= 4 is 31.9 Å². The molecule has 6 heteroatoms. The standard InChI is InChI=1S/C12H24Br2O4/c1-2-15-6-7-17-10-11-18-9-8-16-5-3-4-12(13)14/h12H,2-11H2,1H3. The van der Waals surface area contributed by atoms with Crippen molar-refractivity contribution in [1.29, 1.82) is 0 Å². The van der Waals surface area contributed by atoms with Crippen molar-refractivity contribution < 1.29 is 18.9 Å². The van der Waals surface area contributed by atoms with E-state index in [2.05, 4.69) is 31.9 Å². The van der Waals surface area contributed by atoms with Crippen LogP contribution >= 0.6 is 31.9 Å². The first-order chi connectivity index (χ1) is 8.77. The van der Waals surface area contributed by atoms with Crippen molar-refractivity contribution in [3.63, 3.8) is 0 Å². The normalized spacial score (nSPS) is 11.3. The van der Waals surface area contributed by atoms with Crippen molar-refractivity contribution in [3.8, 4) is 0 Å². The Hall–Kier alpha value is 0.800. The third-order valence-electron chi connectivity index (χ3n) is 2.03. The van der Waals surface area contributed by atoms with Crippen LogP contribution < -0.4 is 0 Å². The summed E-state index contributed by atoms with van der Waals surface area (Å²) >= 11 is 6.84. The second kappa shape index (κ2) is 15.9. The largest absolute Gasteiger partial charge is 0.379 e. The van der Waals surface area contributed by atoms with Crippen LogP contribution in [0.25, 0.3) is 0 Å². The highest BCUT2D eigenvalue weighted by atomic mass is 79.9. The molecule has 0 fully saturated rings. The lowest BCUT2D eigenvalue weighted by Gasteiger charge is -2.07. The van der Waals surface area contributed by atoms with Gasteiger partial charge in [0.25, 0.3) is 0 Å². The molecule has 0 N–H and O–H groups in total. The van der Waals surface area contributed by atoms with Crippen LogP contribution in [0.5, 0.6) is 0 Å². The highest BCUT2D eigenvalue weighted by Gasteiger charge is 1.97. The average molecular weight is 392 g/mol. The number of alkyl halides is 2. The first-order valence-corrected chi connectivity index (χ1v) is 8.19. The lowest BCUT2D eigenvalue weighted by Crippen LogP contribution is -2.12. The molecule has 0 saturated heterocycles. The van der Waals surface area contributed by atoms with Crippen LogP contribution in [0.3, 0.4) is 0 Å². The predicted molar refractivity (Wildman–Crippen MR) is 79.8 cm³/mol. The molecule has 0 aromatic rings. The van der Waals surface area contributed by atoms with E-state index in [9.17, 15) is 0 Å². The molecule has 0 aromatic heterocycles. The molecule has 0 aromatic carbocycles. The second-order valence-electron chi connectivity index (χ2n) is 3.57. The van der Waals surface area contributed by atoms with Gasteiger partial charge in [0.05, 0.1) is 43.4 Å². The van der Waals surface area contributed by atoms with Crippen molar-refractivity contribution in [1.82, 2.24) is 0 Å². The lowest BCUT2D eigenvalue weighted by molar-refractivity contribution is -0.000726. The fourth-order valence-corrected chi connectivity index (χ4v) is 1.79. The zero-order chi connectivity index (χ0) is 13.5. The molecule has 4 nitrogen and oxygen atoms in total. The first-order valence-electron chi connectivity index (χ1n) is 6.36. The fraction of sp³-hybridized carbons (Fsp3) is 1.00. The van der Waals surface area contributed by atoms with E-state index in [0.29, 0.717) is 43.4 Å². The Bertz CT molecular complexity index is 159. The quantitative estimate of drug-likeness (QED) is 0.337. The van der Waals surface area contributed by atoms with E-state index in [4.69, 9.17) is 18.9 Å². The van der Waals surface area contributed by atoms with Gasteiger partial charge < -0.3 is 18.9 Å². The monoisotopic (exact) mass is 390 g/mol. The first kappa shape index (κ1) is 18.8. The molecular formula is C12H24Br2O4. The van der Waals surface area contributed by atoms with Crippen molar-refractivity contribution in [3.05, 3.63) is 0 Å². The molecule has 0 radical (unpaired) electrons. The van der Waals surface area contributed by atoms with Crippen molar-refractivity contribution in [2.75, 3.05) is 52.9 Å². The molecule has 0 rings (SSSR count). The summed E-state index contributed by atoms with van der Waals surface area (Å²) in [5.74, 6) is 0. The van der Waals surface area contributed by atoms with Crippen molar-refractivity contribution in [2.24, 2.45) is 0 Å². The molecule has 18 heavy (non-hydrogen) atoms. The number of hydrogen-bond donors (Lipinski definition) is 0. The van der Waals surface area contributed by atoms with Gasteiger partial charge in [-0.1, -0.05) is 31.9 Å². The van der Waals surface area contributed by atoms with E-state index in [1.54, 1.807) is 0 Å². The minimum Gasteiger partial charge on any atom is -0.379 e. The third-order valence-corrected chi connectivity index (χ3v) is 2.95. The van der Waals surface area contributed by atoms with Crippen LogP contribution in [0.15, 0.2) is 0 Å². The summed E-state index contributed by atoms with van der Waals surface area (Å²) in [4.78, 5) is 0. The Balaban J connectivity index is 2.90. The van der Waals surface area contributed by atoms with E-state index in [-0.39, 0.29) is 0 Å². The van der Waals surface area contributed by atoms with Gasteiger partial charge in [-0.3, -0.25) is 0 Å². The molecule has 0 aliphatic heterocycles. The zero-order valence-electron chi connectivity index (χ0n) is 11.0. The molecular weight excluding hydrogens is 368 g/mol. The topological polar surface area (TPSA) is 36.9 Å². The number of ether oxygens (including phenoxy) is 4. The maximum atomic E-state index is 5.42. The summed E-state index contributed by atoms with van der Waals surface area (Å²) in [5.41, 5.74) is 0. The van der Waals surface area contributed by atoms with Crippen LogP contribution in [0, 0.1) is 0 Å². The van der Waals surface area contributed by atoms with Gasteiger partial charge >= 0.3 is 0 Å². The van der Waals surface area contributed by atoms with Gasteiger partial charge in [0.2, 0.25) is 0 Å². The average Bonchev–Trinajstić information content (AvgIpc) is 2.34. The minimum absolute atomic E-state index is 0.388. The molecule has 0 aliphatic rings. The van der Waals surface area contributed by atoms with Gasteiger partial charge in [-0.25, -0.2) is 0 Å². The van der Waals surface area contributed by atoms with E-state index in [1.807, 2.05) is 6.92 Å². The number of hydrogen-bond acceptors (Lipinski definition) is 4. The molecule has 0 saturated carbocycles. The Morgan fingerprint density at radius 1 is 0.722 bits per heavy atom. The van der Waals surface area contributed by atoms with Crippen LogP contribution in [0.1, 0.15) is 19.8 Å². The summed E-state index contributed by atoms with van der Waals surface area (Å²) in [6, 6.07) is 0. The third kappa shape index (κ3) is 16.8. The molecule has 0 aliphatic carbocycles. The molecule has 0 amide bonds. The van der Waals surface area contributed by atoms with Crippen LogP contribution in [0.2, 0.25) is 0 Å². The van der Waals surface area contributed by atoms with Crippen LogP contribution in [0.4, 0.5) is 0 Å². The Morgan fingerprint density at radius 2 is 1.17 bits per heavy atom. The van der Waals surface area contributed by atoms with Crippen LogP contribution in [-0.4, -0.2) is 56.6 Å².